The highest BCUT2D eigenvalue weighted by Gasteiger charge is 2.22. The monoisotopic (exact) mass is 507 g/mol. The molecular formula is C30H25N3O3S. The van der Waals surface area contributed by atoms with Gasteiger partial charge in [-0.3, -0.25) is 14.4 Å². The van der Waals surface area contributed by atoms with E-state index in [0.29, 0.717) is 16.9 Å². The minimum Gasteiger partial charge on any atom is -0.366 e. The number of anilines is 2. The molecular weight excluding hydrogens is 482 g/mol. The summed E-state index contributed by atoms with van der Waals surface area (Å²) in [5.74, 6) is -0.956. The average molecular weight is 508 g/mol. The molecule has 4 rings (SSSR count). The van der Waals surface area contributed by atoms with Crippen LogP contribution in [0.4, 0.5) is 11.4 Å². The molecule has 3 amide bonds. The van der Waals surface area contributed by atoms with Crippen molar-refractivity contribution >= 4 is 46.9 Å². The largest absolute Gasteiger partial charge is 0.366 e. The van der Waals surface area contributed by atoms with Crippen molar-refractivity contribution in [3.63, 3.8) is 0 Å². The first-order chi connectivity index (χ1) is 18.0. The van der Waals surface area contributed by atoms with Gasteiger partial charge in [-0.2, -0.15) is 0 Å². The third-order valence-electron chi connectivity index (χ3n) is 5.38. The molecule has 0 spiro atoms. The van der Waals surface area contributed by atoms with Crippen molar-refractivity contribution in [2.24, 2.45) is 5.73 Å². The molecule has 0 aromatic heterocycles. The Hall–Kier alpha value is -4.62. The Bertz CT molecular complexity index is 1390. The van der Waals surface area contributed by atoms with E-state index in [2.05, 4.69) is 10.6 Å². The number of amides is 3. The molecule has 0 aliphatic heterocycles. The van der Waals surface area contributed by atoms with Crippen LogP contribution in [0.25, 0.3) is 6.08 Å². The number of rotatable bonds is 9. The van der Waals surface area contributed by atoms with Gasteiger partial charge in [0, 0.05) is 27.9 Å². The lowest BCUT2D eigenvalue weighted by Crippen LogP contribution is -2.19. The van der Waals surface area contributed by atoms with Gasteiger partial charge >= 0.3 is 0 Å². The maximum absolute atomic E-state index is 13.2. The lowest BCUT2D eigenvalue weighted by molar-refractivity contribution is -0.116. The zero-order chi connectivity index (χ0) is 26.0. The summed E-state index contributed by atoms with van der Waals surface area (Å²) in [7, 11) is 0. The summed E-state index contributed by atoms with van der Waals surface area (Å²) in [6.07, 6.45) is 3.24. The molecule has 0 bridgehead atoms. The first-order valence-electron chi connectivity index (χ1n) is 11.5. The Morgan fingerprint density at radius 3 is 1.89 bits per heavy atom. The van der Waals surface area contributed by atoms with E-state index in [0.717, 1.165) is 16.0 Å². The first kappa shape index (κ1) is 25.5. The van der Waals surface area contributed by atoms with Gasteiger partial charge in [0.25, 0.3) is 0 Å². The number of nitrogens with one attached hydrogen (secondary N) is 2. The molecule has 0 heterocycles. The van der Waals surface area contributed by atoms with E-state index < -0.39 is 11.2 Å². The fraction of sp³-hybridized carbons (Fsp3) is 0.0333. The molecule has 0 saturated carbocycles. The average Bonchev–Trinajstić information content (AvgIpc) is 2.93. The predicted molar refractivity (Wildman–Crippen MR) is 149 cm³/mol. The third kappa shape index (κ3) is 7.43. The Balaban J connectivity index is 1.43. The summed E-state index contributed by atoms with van der Waals surface area (Å²) in [6.45, 7) is 0. The van der Waals surface area contributed by atoms with Crippen molar-refractivity contribution in [3.05, 3.63) is 132 Å². The van der Waals surface area contributed by atoms with Crippen LogP contribution in [0.3, 0.4) is 0 Å². The third-order valence-corrected chi connectivity index (χ3v) is 6.65. The second kappa shape index (κ2) is 12.4. The van der Waals surface area contributed by atoms with Crippen LogP contribution in [0.2, 0.25) is 0 Å². The molecule has 6 nitrogen and oxygen atoms in total. The van der Waals surface area contributed by atoms with E-state index in [1.54, 1.807) is 42.5 Å². The molecule has 0 radical (unpaired) electrons. The van der Waals surface area contributed by atoms with Crippen molar-refractivity contribution in [1.82, 2.24) is 0 Å². The molecule has 1 unspecified atom stereocenters. The van der Waals surface area contributed by atoms with E-state index >= 15 is 0 Å². The van der Waals surface area contributed by atoms with Crippen LogP contribution in [0, 0.1) is 0 Å². The Kier molecular flexibility index (Phi) is 8.52. The first-order valence-corrected chi connectivity index (χ1v) is 12.4. The van der Waals surface area contributed by atoms with E-state index in [9.17, 15) is 14.4 Å². The lowest BCUT2D eigenvalue weighted by Gasteiger charge is -2.17. The molecule has 1 atom stereocenters. The number of thioether (sulfide) groups is 1. The smallest absolute Gasteiger partial charge is 0.248 e. The van der Waals surface area contributed by atoms with E-state index in [1.807, 2.05) is 72.8 Å². The number of nitrogens with two attached hydrogens (primary N) is 1. The van der Waals surface area contributed by atoms with E-state index in [4.69, 9.17) is 5.73 Å². The molecule has 0 aliphatic carbocycles. The zero-order valence-corrected chi connectivity index (χ0v) is 20.7. The number of primary amides is 1. The van der Waals surface area contributed by atoms with Crippen LogP contribution in [0.5, 0.6) is 0 Å². The highest BCUT2D eigenvalue weighted by atomic mass is 32.2. The molecule has 0 fully saturated rings. The number of benzene rings is 4. The van der Waals surface area contributed by atoms with Gasteiger partial charge in [-0.25, -0.2) is 0 Å². The summed E-state index contributed by atoms with van der Waals surface area (Å²) < 4.78 is 0. The number of hydrogen-bond donors (Lipinski definition) is 3. The molecule has 4 N–H and O–H groups in total. The summed E-state index contributed by atoms with van der Waals surface area (Å²) >= 11 is 1.40. The van der Waals surface area contributed by atoms with Crippen molar-refractivity contribution in [2.45, 2.75) is 10.1 Å². The SMILES string of the molecule is NC(=O)c1ccc(NC(=O)C(Sc2ccc(NC(=O)/C=C/c3ccccc3)cc2)c2ccccc2)cc1. The van der Waals surface area contributed by atoms with Gasteiger partial charge in [0.2, 0.25) is 17.7 Å². The molecule has 7 heteroatoms. The Morgan fingerprint density at radius 1 is 0.703 bits per heavy atom. The second-order valence-corrected chi connectivity index (χ2v) is 9.28. The van der Waals surface area contributed by atoms with Crippen LogP contribution in [-0.4, -0.2) is 17.7 Å². The lowest BCUT2D eigenvalue weighted by atomic mass is 10.1. The molecule has 37 heavy (non-hydrogen) atoms. The second-order valence-electron chi connectivity index (χ2n) is 8.10. The van der Waals surface area contributed by atoms with Gasteiger partial charge in [0.05, 0.1) is 0 Å². The zero-order valence-electron chi connectivity index (χ0n) is 19.8. The maximum Gasteiger partial charge on any atom is 0.248 e. The quantitative estimate of drug-likeness (QED) is 0.194. The molecule has 0 aliphatic rings. The van der Waals surface area contributed by atoms with Crippen LogP contribution in [0.15, 0.2) is 120 Å². The highest BCUT2D eigenvalue weighted by molar-refractivity contribution is 8.00. The van der Waals surface area contributed by atoms with Crippen LogP contribution < -0.4 is 16.4 Å². The summed E-state index contributed by atoms with van der Waals surface area (Å²) in [5.41, 5.74) is 8.68. The topological polar surface area (TPSA) is 101 Å². The standard InChI is InChI=1S/C30H25N3O3S/c31-29(35)23-12-14-25(15-13-23)33-30(36)28(22-9-5-2-6-10-22)37-26-18-16-24(17-19-26)32-27(34)20-11-21-7-3-1-4-8-21/h1-20,28H,(H2,31,35)(H,32,34)(H,33,36)/b20-11+. The predicted octanol–water partition coefficient (Wildman–Crippen LogP) is 5.91. The van der Waals surface area contributed by atoms with Crippen molar-refractivity contribution < 1.29 is 14.4 Å². The normalized spacial score (nSPS) is 11.6. The van der Waals surface area contributed by atoms with Crippen LogP contribution >= 0.6 is 11.8 Å². The number of carbonyl (C=O) groups excluding carboxylic acids is 3. The minimum atomic E-state index is -0.526. The van der Waals surface area contributed by atoms with Crippen molar-refractivity contribution in [2.75, 3.05) is 10.6 Å². The molecule has 4 aromatic carbocycles. The molecule has 0 saturated heterocycles. The Labute approximate surface area is 219 Å². The van der Waals surface area contributed by atoms with Gasteiger partial charge < -0.3 is 16.4 Å². The van der Waals surface area contributed by atoms with Gasteiger partial charge in [-0.05, 0) is 65.7 Å². The highest BCUT2D eigenvalue weighted by Crippen LogP contribution is 2.36. The number of carbonyl (C=O) groups is 3. The number of hydrogen-bond acceptors (Lipinski definition) is 4. The van der Waals surface area contributed by atoms with E-state index in [-0.39, 0.29) is 11.8 Å². The maximum atomic E-state index is 13.2. The van der Waals surface area contributed by atoms with Crippen molar-refractivity contribution in [1.29, 1.82) is 0 Å². The minimum absolute atomic E-state index is 0.202. The fourth-order valence-corrected chi connectivity index (χ4v) is 4.52. The summed E-state index contributed by atoms with van der Waals surface area (Å²) in [4.78, 5) is 37.7. The van der Waals surface area contributed by atoms with Gasteiger partial charge in [-0.15, -0.1) is 11.8 Å². The molecule has 184 valence electrons. The van der Waals surface area contributed by atoms with Crippen LogP contribution in [-0.2, 0) is 9.59 Å². The Morgan fingerprint density at radius 2 is 1.27 bits per heavy atom. The summed E-state index contributed by atoms with van der Waals surface area (Å²) in [6, 6.07) is 32.9. The van der Waals surface area contributed by atoms with Gasteiger partial charge in [0.1, 0.15) is 5.25 Å². The van der Waals surface area contributed by atoms with Crippen LogP contribution in [0.1, 0.15) is 26.7 Å². The van der Waals surface area contributed by atoms with Gasteiger partial charge in [-0.1, -0.05) is 60.7 Å². The summed E-state index contributed by atoms with van der Waals surface area (Å²) in [5, 5.41) is 5.24. The molecule has 4 aromatic rings. The van der Waals surface area contributed by atoms with Crippen molar-refractivity contribution in [3.8, 4) is 0 Å². The fourth-order valence-electron chi connectivity index (χ4n) is 3.50. The van der Waals surface area contributed by atoms with Gasteiger partial charge in [0.15, 0.2) is 0 Å². The van der Waals surface area contributed by atoms with E-state index in [1.165, 1.54) is 17.8 Å².